The molecule has 1 aromatic rings. The van der Waals surface area contributed by atoms with E-state index in [-0.39, 0.29) is 18.8 Å². The predicted molar refractivity (Wildman–Crippen MR) is 92.7 cm³/mol. The Morgan fingerprint density at radius 2 is 1.96 bits per heavy atom. The van der Waals surface area contributed by atoms with Crippen molar-refractivity contribution < 1.29 is 33.2 Å². The molecule has 11 heteroatoms. The number of nitro benzene ring substituents is 1. The molecule has 2 atom stereocenters. The monoisotopic (exact) mass is 397 g/mol. The van der Waals surface area contributed by atoms with Gasteiger partial charge < -0.3 is 14.8 Å². The van der Waals surface area contributed by atoms with Crippen LogP contribution in [0, 0.1) is 10.1 Å². The predicted octanol–water partition coefficient (Wildman–Crippen LogP) is 1.67. The molecule has 0 radical (unpaired) electrons. The minimum absolute atomic E-state index is 0.131. The summed E-state index contributed by atoms with van der Waals surface area (Å²) in [6.45, 7) is 4.45. The molecule has 152 valence electrons. The Balaban J connectivity index is 1.80. The third-order valence-electron chi connectivity index (χ3n) is 3.65. The van der Waals surface area contributed by atoms with Crippen LogP contribution in [0.5, 0.6) is 0 Å². The largest absolute Gasteiger partial charge is 0.457 e. The molecule has 1 saturated heterocycles. The number of ether oxygens (including phenoxy) is 2. The fraction of sp³-hybridized carbons (Fsp3) is 0.471. The first-order valence-electron chi connectivity index (χ1n) is 8.32. The third-order valence-corrected chi connectivity index (χ3v) is 3.65. The molecule has 0 saturated carbocycles. The van der Waals surface area contributed by atoms with Gasteiger partial charge in [0, 0.05) is 12.1 Å². The van der Waals surface area contributed by atoms with Gasteiger partial charge in [-0.15, -0.1) is 0 Å². The van der Waals surface area contributed by atoms with Crippen molar-refractivity contribution in [2.75, 3.05) is 6.54 Å². The van der Waals surface area contributed by atoms with Crippen LogP contribution in [0.3, 0.4) is 0 Å². The number of esters is 1. The van der Waals surface area contributed by atoms with Crippen LogP contribution in [0.25, 0.3) is 0 Å². The Morgan fingerprint density at radius 3 is 2.46 bits per heavy atom. The topological polar surface area (TPSA) is 128 Å². The summed E-state index contributed by atoms with van der Waals surface area (Å²) in [6, 6.07) is 4.21. The van der Waals surface area contributed by atoms with Gasteiger partial charge in [-0.2, -0.15) is 0 Å². The van der Waals surface area contributed by atoms with Crippen molar-refractivity contribution in [3.63, 3.8) is 0 Å². The molecule has 1 fully saturated rings. The van der Waals surface area contributed by atoms with E-state index >= 15 is 0 Å². The number of alkyl halides is 1. The Labute approximate surface area is 159 Å². The van der Waals surface area contributed by atoms with E-state index in [0.717, 1.165) is 0 Å². The maximum absolute atomic E-state index is 14.1. The highest BCUT2D eigenvalue weighted by Gasteiger charge is 2.45. The van der Waals surface area contributed by atoms with Crippen LogP contribution in [0.15, 0.2) is 24.3 Å². The first-order chi connectivity index (χ1) is 13.0. The fourth-order valence-corrected chi connectivity index (χ4v) is 2.28. The molecule has 2 amide bonds. The van der Waals surface area contributed by atoms with Gasteiger partial charge in [-0.05, 0) is 38.5 Å². The molecule has 10 nitrogen and oxygen atoms in total. The van der Waals surface area contributed by atoms with Crippen LogP contribution in [0.1, 0.15) is 26.3 Å². The summed E-state index contributed by atoms with van der Waals surface area (Å²) >= 11 is 0. The number of hydrogen-bond acceptors (Lipinski definition) is 7. The van der Waals surface area contributed by atoms with Crippen LogP contribution < -0.4 is 5.32 Å². The van der Waals surface area contributed by atoms with Crippen molar-refractivity contribution in [2.24, 2.45) is 0 Å². The molecular formula is C17H20FN3O7. The standard InChI is InChI=1S/C17H20FN3O7/c1-17(2,3)28-16(24)19-12-8-20(14(12)22)13(18)15(23)27-9-10-4-6-11(7-5-10)21(25)26/h4-7,12-13H,8-9H2,1-3H3,(H,19,24)/t12-,13?/m0/s1. The molecule has 1 aliphatic rings. The molecule has 1 aliphatic heterocycles. The quantitative estimate of drug-likeness (QED) is 0.254. The molecular weight excluding hydrogens is 377 g/mol. The van der Waals surface area contributed by atoms with E-state index in [1.54, 1.807) is 20.8 Å². The highest BCUT2D eigenvalue weighted by molar-refractivity contribution is 5.94. The van der Waals surface area contributed by atoms with Crippen molar-refractivity contribution in [2.45, 2.75) is 45.3 Å². The second-order valence-corrected chi connectivity index (χ2v) is 7.06. The van der Waals surface area contributed by atoms with E-state index in [2.05, 4.69) is 5.32 Å². The molecule has 2 rings (SSSR count). The smallest absolute Gasteiger partial charge is 0.408 e. The molecule has 0 spiro atoms. The van der Waals surface area contributed by atoms with Gasteiger partial charge in [0.25, 0.3) is 12.0 Å². The van der Waals surface area contributed by atoms with Crippen molar-refractivity contribution in [1.29, 1.82) is 0 Å². The van der Waals surface area contributed by atoms with Crippen molar-refractivity contribution in [3.8, 4) is 0 Å². The van der Waals surface area contributed by atoms with Crippen LogP contribution in [0.4, 0.5) is 14.9 Å². The van der Waals surface area contributed by atoms with Crippen molar-refractivity contribution in [1.82, 2.24) is 10.2 Å². The van der Waals surface area contributed by atoms with Gasteiger partial charge in [0.05, 0.1) is 11.5 Å². The van der Waals surface area contributed by atoms with Gasteiger partial charge in [0.2, 0.25) is 5.91 Å². The molecule has 1 unspecified atom stereocenters. The van der Waals surface area contributed by atoms with Crippen LogP contribution >= 0.6 is 0 Å². The molecule has 1 N–H and O–H groups in total. The summed E-state index contributed by atoms with van der Waals surface area (Å²) in [5, 5.41) is 12.9. The van der Waals surface area contributed by atoms with E-state index in [1.807, 2.05) is 0 Å². The highest BCUT2D eigenvalue weighted by atomic mass is 19.1. The molecule has 0 aromatic heterocycles. The number of halogens is 1. The highest BCUT2D eigenvalue weighted by Crippen LogP contribution is 2.19. The number of non-ortho nitro benzene ring substituents is 1. The number of carbonyl (C=O) groups is 3. The number of nitro groups is 1. The van der Waals surface area contributed by atoms with Gasteiger partial charge in [0.15, 0.2) is 0 Å². The Bertz CT molecular complexity index is 776. The summed E-state index contributed by atoms with van der Waals surface area (Å²) in [5.41, 5.74) is -0.459. The third kappa shape index (κ3) is 5.38. The zero-order valence-electron chi connectivity index (χ0n) is 15.5. The first kappa shape index (κ1) is 21.1. The Morgan fingerprint density at radius 1 is 1.36 bits per heavy atom. The lowest BCUT2D eigenvalue weighted by Crippen LogP contribution is -2.67. The van der Waals surface area contributed by atoms with Crippen LogP contribution in [-0.4, -0.2) is 52.3 Å². The van der Waals surface area contributed by atoms with Gasteiger partial charge in [-0.3, -0.25) is 19.8 Å². The van der Waals surface area contributed by atoms with Crippen LogP contribution in [0.2, 0.25) is 0 Å². The second kappa shape index (κ2) is 8.19. The minimum atomic E-state index is -2.32. The van der Waals surface area contributed by atoms with Crippen LogP contribution in [-0.2, 0) is 25.7 Å². The van der Waals surface area contributed by atoms with E-state index < -0.39 is 40.8 Å². The Hall–Kier alpha value is -3.24. The second-order valence-electron chi connectivity index (χ2n) is 7.06. The number of nitrogens with one attached hydrogen (secondary N) is 1. The van der Waals surface area contributed by atoms with Crippen molar-refractivity contribution in [3.05, 3.63) is 39.9 Å². The zero-order chi connectivity index (χ0) is 21.1. The number of likely N-dealkylation sites (tertiary alicyclic amines) is 1. The lowest BCUT2D eigenvalue weighted by molar-refractivity contribution is -0.384. The number of carbonyl (C=O) groups excluding carboxylic acids is 3. The number of alkyl carbamates (subject to hydrolysis) is 1. The van der Waals surface area contributed by atoms with Crippen molar-refractivity contribution >= 4 is 23.7 Å². The minimum Gasteiger partial charge on any atom is -0.457 e. The first-order valence-corrected chi connectivity index (χ1v) is 8.32. The number of rotatable bonds is 6. The number of β-lactam (4-membered cyclic amide) rings is 1. The average Bonchev–Trinajstić information content (AvgIpc) is 2.60. The summed E-state index contributed by atoms with van der Waals surface area (Å²) in [6.07, 6.45) is -3.14. The summed E-state index contributed by atoms with van der Waals surface area (Å²) in [7, 11) is 0. The van der Waals surface area contributed by atoms with Gasteiger partial charge in [0.1, 0.15) is 18.2 Å². The van der Waals surface area contributed by atoms with E-state index in [9.17, 15) is 28.9 Å². The SMILES string of the molecule is CC(C)(C)OC(=O)N[C@H]1CN(C(F)C(=O)OCc2ccc([N+](=O)[O-])cc2)C1=O. The number of nitrogens with zero attached hydrogens (tertiary/aromatic N) is 2. The zero-order valence-corrected chi connectivity index (χ0v) is 15.5. The van der Waals surface area contributed by atoms with Gasteiger partial charge in [-0.1, -0.05) is 0 Å². The normalized spacial score (nSPS) is 17.4. The van der Waals surface area contributed by atoms with Gasteiger partial charge in [-0.25, -0.2) is 14.0 Å². The lowest BCUT2D eigenvalue weighted by Gasteiger charge is -2.39. The number of hydrogen-bond donors (Lipinski definition) is 1. The maximum Gasteiger partial charge on any atom is 0.408 e. The summed E-state index contributed by atoms with van der Waals surface area (Å²) in [4.78, 5) is 45.9. The molecule has 1 aromatic carbocycles. The molecule has 0 aliphatic carbocycles. The average molecular weight is 397 g/mol. The Kier molecular flexibility index (Phi) is 6.16. The maximum atomic E-state index is 14.1. The molecule has 0 bridgehead atoms. The summed E-state index contributed by atoms with van der Waals surface area (Å²) < 4.78 is 23.9. The fourth-order valence-electron chi connectivity index (χ4n) is 2.28. The number of benzene rings is 1. The number of amides is 2. The van der Waals surface area contributed by atoms with Gasteiger partial charge >= 0.3 is 12.1 Å². The van der Waals surface area contributed by atoms with E-state index in [4.69, 9.17) is 9.47 Å². The van der Waals surface area contributed by atoms with E-state index in [1.165, 1.54) is 24.3 Å². The molecule has 28 heavy (non-hydrogen) atoms. The summed E-state index contributed by atoms with van der Waals surface area (Å²) in [5.74, 6) is -2.05. The molecule has 1 heterocycles. The lowest BCUT2D eigenvalue weighted by atomic mass is 10.1. The van der Waals surface area contributed by atoms with E-state index in [0.29, 0.717) is 10.5 Å².